The predicted molar refractivity (Wildman–Crippen MR) is 94.2 cm³/mol. The average Bonchev–Trinajstić information content (AvgIpc) is 2.57. The minimum atomic E-state index is 0.250. The Morgan fingerprint density at radius 1 is 1.00 bits per heavy atom. The van der Waals surface area contributed by atoms with Crippen LogP contribution in [0.2, 0.25) is 0 Å². The number of nitrogens with two attached hydrogens (primary N) is 1. The van der Waals surface area contributed by atoms with E-state index in [1.807, 2.05) is 24.3 Å². The van der Waals surface area contributed by atoms with Crippen LogP contribution in [0.15, 0.2) is 54.7 Å². The lowest BCUT2D eigenvalue weighted by molar-refractivity contribution is 0.474. The highest BCUT2D eigenvalue weighted by Gasteiger charge is 1.92. The Morgan fingerprint density at radius 2 is 1.74 bits per heavy atom. The molecule has 4 heteroatoms. The van der Waals surface area contributed by atoms with Crippen molar-refractivity contribution in [2.75, 3.05) is 0 Å². The van der Waals surface area contributed by atoms with Crippen LogP contribution < -0.4 is 16.2 Å². The van der Waals surface area contributed by atoms with Crippen molar-refractivity contribution in [3.63, 3.8) is 0 Å². The lowest BCUT2D eigenvalue weighted by Crippen LogP contribution is -2.25. The third-order valence-corrected chi connectivity index (χ3v) is 3.26. The van der Waals surface area contributed by atoms with E-state index >= 15 is 0 Å². The van der Waals surface area contributed by atoms with Crippen LogP contribution in [-0.2, 0) is 0 Å². The average molecular weight is 308 g/mol. The monoisotopic (exact) mass is 308 g/mol. The van der Waals surface area contributed by atoms with Gasteiger partial charge in [-0.3, -0.25) is 4.98 Å². The highest BCUT2D eigenvalue weighted by Crippen LogP contribution is 2.16. The first kappa shape index (κ1) is 16.4. The number of phenolic OH excluding ortho intramolecular Hbond substituents is 2. The minimum Gasteiger partial charge on any atom is -0.508 e. The van der Waals surface area contributed by atoms with Crippen molar-refractivity contribution in [1.82, 2.24) is 4.98 Å². The molecule has 23 heavy (non-hydrogen) atoms. The van der Waals surface area contributed by atoms with Gasteiger partial charge in [-0.1, -0.05) is 25.1 Å². The Bertz CT molecular complexity index is 905. The molecule has 0 atom stereocenters. The normalized spacial score (nSPS) is 12.0. The molecule has 0 amide bonds. The third-order valence-electron chi connectivity index (χ3n) is 3.26. The topological polar surface area (TPSA) is 79.4 Å². The van der Waals surface area contributed by atoms with Crippen LogP contribution in [0.5, 0.6) is 11.5 Å². The molecular weight excluding hydrogens is 288 g/mol. The number of benzene rings is 2. The number of phenols is 2. The van der Waals surface area contributed by atoms with Gasteiger partial charge in [0.15, 0.2) is 0 Å². The molecule has 0 saturated heterocycles. The van der Waals surface area contributed by atoms with Gasteiger partial charge >= 0.3 is 0 Å². The molecule has 0 aliphatic carbocycles. The highest BCUT2D eigenvalue weighted by atomic mass is 16.3. The summed E-state index contributed by atoms with van der Waals surface area (Å²) in [6.07, 6.45) is 6.24. The summed E-state index contributed by atoms with van der Waals surface area (Å²) in [5.41, 5.74) is 6.22. The predicted octanol–water partition coefficient (Wildman–Crippen LogP) is 2.22. The number of nitrogens with zero attached hydrogens (tertiary/aromatic N) is 1. The number of hydrogen-bond donors (Lipinski definition) is 3. The van der Waals surface area contributed by atoms with Gasteiger partial charge in [0.1, 0.15) is 11.5 Å². The largest absolute Gasteiger partial charge is 0.508 e. The molecule has 3 aromatic rings. The first-order valence-corrected chi connectivity index (χ1v) is 7.39. The van der Waals surface area contributed by atoms with E-state index < -0.39 is 0 Å². The molecule has 0 aliphatic rings. The van der Waals surface area contributed by atoms with Crippen LogP contribution in [0.4, 0.5) is 0 Å². The van der Waals surface area contributed by atoms with Gasteiger partial charge in [0.2, 0.25) is 0 Å². The van der Waals surface area contributed by atoms with Crippen molar-refractivity contribution in [3.8, 4) is 11.5 Å². The molecule has 118 valence electrons. The lowest BCUT2D eigenvalue weighted by Gasteiger charge is -1.95. The zero-order valence-corrected chi connectivity index (χ0v) is 13.0. The van der Waals surface area contributed by atoms with Crippen molar-refractivity contribution in [3.05, 3.63) is 65.2 Å². The summed E-state index contributed by atoms with van der Waals surface area (Å²) in [5.74, 6) is 0.510. The van der Waals surface area contributed by atoms with Gasteiger partial charge in [0.25, 0.3) is 0 Å². The summed E-state index contributed by atoms with van der Waals surface area (Å²) >= 11 is 0. The molecule has 0 spiro atoms. The van der Waals surface area contributed by atoms with Gasteiger partial charge in [0.05, 0.1) is 5.52 Å². The highest BCUT2D eigenvalue weighted by molar-refractivity contribution is 5.79. The summed E-state index contributed by atoms with van der Waals surface area (Å²) < 4.78 is 0. The first-order chi connectivity index (χ1) is 11.1. The second kappa shape index (κ2) is 7.84. The molecular formula is C19H20N2O2. The molecule has 3 rings (SSSR count). The number of pyridine rings is 1. The number of rotatable bonds is 1. The van der Waals surface area contributed by atoms with Crippen molar-refractivity contribution < 1.29 is 10.2 Å². The van der Waals surface area contributed by atoms with E-state index in [0.717, 1.165) is 27.8 Å². The zero-order valence-electron chi connectivity index (χ0n) is 13.0. The van der Waals surface area contributed by atoms with Crippen molar-refractivity contribution in [1.29, 1.82) is 0 Å². The smallest absolute Gasteiger partial charge is 0.117 e. The number of aromatic nitrogens is 1. The standard InChI is InChI=1S/C10H13NO.C9H7NO/c1-2-3-8-4-5-10(12)6-9(8)7-11;11-8-4-3-7-2-1-5-10-9(7)6-8/h3-7,12H,2,11H2,1H3;1-6,11H/b8-3-,9-7-;. The van der Waals surface area contributed by atoms with E-state index in [0.29, 0.717) is 0 Å². The Hall–Kier alpha value is -3.01. The van der Waals surface area contributed by atoms with Crippen LogP contribution in [0.25, 0.3) is 23.2 Å². The van der Waals surface area contributed by atoms with Gasteiger partial charge in [-0.15, -0.1) is 0 Å². The quantitative estimate of drug-likeness (QED) is 0.644. The molecule has 0 saturated carbocycles. The summed E-state index contributed by atoms with van der Waals surface area (Å²) in [6.45, 7) is 2.06. The van der Waals surface area contributed by atoms with Gasteiger partial charge in [-0.2, -0.15) is 0 Å². The maximum atomic E-state index is 9.15. The van der Waals surface area contributed by atoms with E-state index in [2.05, 4.69) is 18.0 Å². The van der Waals surface area contributed by atoms with E-state index in [1.165, 1.54) is 6.20 Å². The van der Waals surface area contributed by atoms with Gasteiger partial charge in [-0.05, 0) is 42.0 Å². The first-order valence-electron chi connectivity index (χ1n) is 7.39. The summed E-state index contributed by atoms with van der Waals surface area (Å²) in [6, 6.07) is 14.2. The van der Waals surface area contributed by atoms with Crippen LogP contribution in [0, 0.1) is 0 Å². The summed E-state index contributed by atoms with van der Waals surface area (Å²) in [7, 11) is 0. The Labute approximate surface area is 134 Å². The van der Waals surface area contributed by atoms with Gasteiger partial charge in [0, 0.05) is 29.1 Å². The Morgan fingerprint density at radius 3 is 2.48 bits per heavy atom. The number of hydrogen-bond acceptors (Lipinski definition) is 4. The van der Waals surface area contributed by atoms with Crippen LogP contribution in [-0.4, -0.2) is 15.2 Å². The summed E-state index contributed by atoms with van der Waals surface area (Å²) in [5, 5.41) is 21.2. The van der Waals surface area contributed by atoms with Crippen molar-refractivity contribution >= 4 is 23.2 Å². The number of fused-ring (bicyclic) bond motifs is 1. The lowest BCUT2D eigenvalue weighted by atomic mass is 10.2. The minimum absolute atomic E-state index is 0.250. The van der Waals surface area contributed by atoms with E-state index in [4.69, 9.17) is 15.9 Å². The molecule has 1 heterocycles. The van der Waals surface area contributed by atoms with Crippen LogP contribution in [0.3, 0.4) is 0 Å². The number of aromatic hydroxyl groups is 2. The van der Waals surface area contributed by atoms with Crippen molar-refractivity contribution in [2.45, 2.75) is 13.3 Å². The maximum absolute atomic E-state index is 9.15. The molecule has 4 N–H and O–H groups in total. The second-order valence-electron chi connectivity index (χ2n) is 4.97. The van der Waals surface area contributed by atoms with E-state index in [1.54, 1.807) is 30.5 Å². The summed E-state index contributed by atoms with van der Waals surface area (Å²) in [4.78, 5) is 4.08. The molecule has 0 radical (unpaired) electrons. The van der Waals surface area contributed by atoms with Gasteiger partial charge < -0.3 is 15.9 Å². The van der Waals surface area contributed by atoms with Crippen LogP contribution in [0.1, 0.15) is 13.3 Å². The molecule has 1 aromatic heterocycles. The van der Waals surface area contributed by atoms with E-state index in [-0.39, 0.29) is 11.5 Å². The molecule has 2 aromatic carbocycles. The molecule has 0 aliphatic heterocycles. The van der Waals surface area contributed by atoms with Crippen LogP contribution >= 0.6 is 0 Å². The zero-order chi connectivity index (χ0) is 16.7. The SMILES string of the molecule is CC/C=c1/ccc(O)c/c1=C/N.Oc1ccc2cccnc2c1. The van der Waals surface area contributed by atoms with E-state index in [9.17, 15) is 0 Å². The fourth-order valence-corrected chi connectivity index (χ4v) is 2.17. The molecule has 0 fully saturated rings. The Balaban J connectivity index is 0.000000167. The second-order valence-corrected chi connectivity index (χ2v) is 4.97. The Kier molecular flexibility index (Phi) is 5.58. The molecule has 0 unspecified atom stereocenters. The molecule has 4 nitrogen and oxygen atoms in total. The maximum Gasteiger partial charge on any atom is 0.117 e. The van der Waals surface area contributed by atoms with Gasteiger partial charge in [-0.25, -0.2) is 0 Å². The fraction of sp³-hybridized carbons (Fsp3) is 0.105. The molecule has 0 bridgehead atoms. The third kappa shape index (κ3) is 4.48. The fourth-order valence-electron chi connectivity index (χ4n) is 2.17. The van der Waals surface area contributed by atoms with Crippen molar-refractivity contribution in [2.24, 2.45) is 5.73 Å².